The first-order chi connectivity index (χ1) is 16.9. The maximum atomic E-state index is 12.9. The Morgan fingerprint density at radius 3 is 1.67 bits per heavy atom. The molecule has 4 unspecified atom stereocenters. The molecule has 0 aromatic carbocycles. The van der Waals surface area contributed by atoms with Gasteiger partial charge in [0.2, 0.25) is 23.6 Å². The maximum Gasteiger partial charge on any atom is 0.326 e. The van der Waals surface area contributed by atoms with Crippen LogP contribution in [0.25, 0.3) is 0 Å². The molecule has 36 heavy (non-hydrogen) atoms. The molecule has 0 saturated carbocycles. The second-order valence-corrected chi connectivity index (χ2v) is 8.30. The van der Waals surface area contributed by atoms with Crippen molar-refractivity contribution < 1.29 is 39.0 Å². The van der Waals surface area contributed by atoms with Crippen LogP contribution in [0.4, 0.5) is 0 Å². The first-order valence-electron chi connectivity index (χ1n) is 11.7. The van der Waals surface area contributed by atoms with Crippen LogP contribution in [0.15, 0.2) is 0 Å². The molecule has 0 bridgehead atoms. The minimum Gasteiger partial charge on any atom is -0.481 e. The van der Waals surface area contributed by atoms with Crippen molar-refractivity contribution >= 4 is 35.6 Å². The summed E-state index contributed by atoms with van der Waals surface area (Å²) >= 11 is 0. The molecular formula is C21H39N7O8. The molecule has 0 aliphatic heterocycles. The topological polar surface area (TPSA) is 283 Å². The molecule has 0 aromatic rings. The number of hydrogen-bond donors (Lipinski definition) is 9. The fraction of sp³-hybridized carbons (Fsp3) is 0.714. The zero-order valence-corrected chi connectivity index (χ0v) is 20.2. The third kappa shape index (κ3) is 14.2. The van der Waals surface area contributed by atoms with Gasteiger partial charge in [0.05, 0.1) is 12.5 Å². The van der Waals surface area contributed by atoms with Crippen LogP contribution in [-0.4, -0.2) is 83.0 Å². The van der Waals surface area contributed by atoms with Crippen LogP contribution in [-0.2, 0) is 28.8 Å². The number of primary amides is 1. The van der Waals surface area contributed by atoms with E-state index in [4.69, 9.17) is 22.9 Å². The molecule has 0 saturated heterocycles. The van der Waals surface area contributed by atoms with E-state index in [1.807, 2.05) is 0 Å². The Morgan fingerprint density at radius 2 is 1.17 bits per heavy atom. The zero-order valence-electron chi connectivity index (χ0n) is 20.2. The lowest BCUT2D eigenvalue weighted by Gasteiger charge is -2.24. The smallest absolute Gasteiger partial charge is 0.326 e. The number of aliphatic carboxylic acids is 2. The minimum atomic E-state index is -1.54. The first-order valence-corrected chi connectivity index (χ1v) is 11.7. The highest BCUT2D eigenvalue weighted by atomic mass is 16.4. The normalized spacial score (nSPS) is 14.1. The van der Waals surface area contributed by atoms with Gasteiger partial charge in [0.25, 0.3) is 0 Å². The lowest BCUT2D eigenvalue weighted by atomic mass is 10.0. The summed E-state index contributed by atoms with van der Waals surface area (Å²) in [5.74, 6) is -6.11. The van der Waals surface area contributed by atoms with Gasteiger partial charge in [-0.25, -0.2) is 4.79 Å². The van der Waals surface area contributed by atoms with E-state index in [-0.39, 0.29) is 25.7 Å². The summed E-state index contributed by atoms with van der Waals surface area (Å²) in [6.07, 6.45) is 1.08. The van der Waals surface area contributed by atoms with Crippen LogP contribution < -0.4 is 38.9 Å². The van der Waals surface area contributed by atoms with Crippen molar-refractivity contribution in [1.29, 1.82) is 0 Å². The fourth-order valence-electron chi connectivity index (χ4n) is 3.15. The van der Waals surface area contributed by atoms with Gasteiger partial charge in [0.1, 0.15) is 18.1 Å². The Labute approximate surface area is 209 Å². The third-order valence-corrected chi connectivity index (χ3v) is 5.19. The summed E-state index contributed by atoms with van der Waals surface area (Å²) in [5, 5.41) is 25.4. The molecular weight excluding hydrogens is 478 g/mol. The second kappa shape index (κ2) is 18.0. The zero-order chi connectivity index (χ0) is 27.7. The van der Waals surface area contributed by atoms with E-state index in [0.29, 0.717) is 38.8 Å². The highest BCUT2D eigenvalue weighted by molar-refractivity contribution is 5.95. The van der Waals surface area contributed by atoms with Gasteiger partial charge in [0, 0.05) is 6.42 Å². The number of rotatable bonds is 20. The summed E-state index contributed by atoms with van der Waals surface area (Å²) in [7, 11) is 0. The van der Waals surface area contributed by atoms with Crippen molar-refractivity contribution in [2.45, 2.75) is 82.0 Å². The Hall–Kier alpha value is -3.30. The Balaban J connectivity index is 5.48. The van der Waals surface area contributed by atoms with Gasteiger partial charge >= 0.3 is 11.9 Å². The van der Waals surface area contributed by atoms with E-state index in [1.54, 1.807) is 0 Å². The van der Waals surface area contributed by atoms with E-state index in [1.165, 1.54) is 0 Å². The number of carboxylic acid groups (broad SMARTS) is 2. The minimum absolute atomic E-state index is 0.0588. The number of nitrogens with one attached hydrogen (secondary N) is 3. The van der Waals surface area contributed by atoms with E-state index in [0.717, 1.165) is 0 Å². The SMILES string of the molecule is NCCCCC(N)C(=O)NC(CC(=O)O)C(=O)NC(CCCCN)C(=O)NC(CCC(N)=O)C(=O)O. The summed E-state index contributed by atoms with van der Waals surface area (Å²) in [4.78, 5) is 71.7. The Bertz CT molecular complexity index is 765. The molecule has 0 radical (unpaired) electrons. The van der Waals surface area contributed by atoms with Crippen LogP contribution in [0.1, 0.15) is 57.8 Å². The van der Waals surface area contributed by atoms with Crippen molar-refractivity contribution in [3.05, 3.63) is 0 Å². The molecule has 13 N–H and O–H groups in total. The summed E-state index contributed by atoms with van der Waals surface area (Å²) < 4.78 is 0. The van der Waals surface area contributed by atoms with E-state index in [2.05, 4.69) is 16.0 Å². The highest BCUT2D eigenvalue weighted by Gasteiger charge is 2.31. The molecule has 0 rings (SSSR count). The summed E-state index contributed by atoms with van der Waals surface area (Å²) in [5.41, 5.74) is 21.7. The Morgan fingerprint density at radius 1 is 0.667 bits per heavy atom. The Kier molecular flexibility index (Phi) is 16.4. The molecule has 0 spiro atoms. The predicted molar refractivity (Wildman–Crippen MR) is 128 cm³/mol. The largest absolute Gasteiger partial charge is 0.481 e. The highest BCUT2D eigenvalue weighted by Crippen LogP contribution is 2.06. The van der Waals surface area contributed by atoms with Gasteiger partial charge in [0.15, 0.2) is 0 Å². The standard InChI is InChI=1S/C21H39N7O8/c22-9-3-1-5-12(24)18(32)28-15(11-17(30)31)20(34)26-13(6-2-4-10-23)19(33)27-14(21(35)36)7-8-16(25)29/h12-15H,1-11,22-24H2,(H2,25,29)(H,26,34)(H,27,33)(H,28,32)(H,30,31)(H,35,36). The van der Waals surface area contributed by atoms with Crippen LogP contribution in [0.5, 0.6) is 0 Å². The monoisotopic (exact) mass is 517 g/mol. The average molecular weight is 518 g/mol. The van der Waals surface area contributed by atoms with E-state index in [9.17, 15) is 39.0 Å². The number of amides is 4. The molecule has 0 aliphatic carbocycles. The van der Waals surface area contributed by atoms with Gasteiger partial charge in [-0.1, -0.05) is 6.42 Å². The van der Waals surface area contributed by atoms with E-state index < -0.39 is 66.2 Å². The van der Waals surface area contributed by atoms with Crippen LogP contribution in [0.3, 0.4) is 0 Å². The number of unbranched alkanes of at least 4 members (excludes halogenated alkanes) is 2. The van der Waals surface area contributed by atoms with Crippen molar-refractivity contribution in [1.82, 2.24) is 16.0 Å². The van der Waals surface area contributed by atoms with Gasteiger partial charge < -0.3 is 49.1 Å². The lowest BCUT2D eigenvalue weighted by molar-refractivity contribution is -0.143. The lowest BCUT2D eigenvalue weighted by Crippen LogP contribution is -2.57. The van der Waals surface area contributed by atoms with Crippen molar-refractivity contribution in [2.24, 2.45) is 22.9 Å². The van der Waals surface area contributed by atoms with E-state index >= 15 is 0 Å². The molecule has 15 nitrogen and oxygen atoms in total. The molecule has 4 amide bonds. The average Bonchev–Trinajstić information content (AvgIpc) is 2.79. The number of carbonyl (C=O) groups is 6. The van der Waals surface area contributed by atoms with Crippen molar-refractivity contribution in [3.63, 3.8) is 0 Å². The van der Waals surface area contributed by atoms with Crippen molar-refractivity contribution in [2.75, 3.05) is 13.1 Å². The molecule has 4 atom stereocenters. The number of carbonyl (C=O) groups excluding carboxylic acids is 4. The van der Waals surface area contributed by atoms with Gasteiger partial charge in [-0.05, 0) is 51.6 Å². The predicted octanol–water partition coefficient (Wildman–Crippen LogP) is -3.15. The van der Waals surface area contributed by atoms with Gasteiger partial charge in [-0.2, -0.15) is 0 Å². The molecule has 0 aromatic heterocycles. The number of carboxylic acids is 2. The molecule has 206 valence electrons. The van der Waals surface area contributed by atoms with Crippen LogP contribution in [0, 0.1) is 0 Å². The maximum absolute atomic E-state index is 12.9. The number of hydrogen-bond acceptors (Lipinski definition) is 9. The molecule has 0 fully saturated rings. The summed E-state index contributed by atoms with van der Waals surface area (Å²) in [6, 6.07) is -5.23. The molecule has 0 heterocycles. The third-order valence-electron chi connectivity index (χ3n) is 5.19. The van der Waals surface area contributed by atoms with Gasteiger partial charge in [-0.3, -0.25) is 24.0 Å². The summed E-state index contributed by atoms with van der Waals surface area (Å²) in [6.45, 7) is 0.718. The van der Waals surface area contributed by atoms with Crippen LogP contribution in [0.2, 0.25) is 0 Å². The fourth-order valence-corrected chi connectivity index (χ4v) is 3.15. The number of nitrogens with two attached hydrogens (primary N) is 4. The molecule has 15 heteroatoms. The quantitative estimate of drug-likeness (QED) is 0.0726. The molecule has 0 aliphatic rings. The van der Waals surface area contributed by atoms with Crippen LogP contribution >= 0.6 is 0 Å². The first kappa shape index (κ1) is 32.7. The van der Waals surface area contributed by atoms with Crippen molar-refractivity contribution in [3.8, 4) is 0 Å². The van der Waals surface area contributed by atoms with Gasteiger partial charge in [-0.15, -0.1) is 0 Å². The second-order valence-electron chi connectivity index (χ2n) is 8.30.